The molecule has 0 atom stereocenters. The van der Waals surface area contributed by atoms with Crippen LogP contribution in [0, 0.1) is 0 Å². The Kier molecular flexibility index (Phi) is 5.81. The predicted octanol–water partition coefficient (Wildman–Crippen LogP) is 2.02. The molecule has 1 aromatic heterocycles. The first-order chi connectivity index (χ1) is 14.2. The number of benzene rings is 2. The van der Waals surface area contributed by atoms with E-state index in [1.165, 1.54) is 0 Å². The van der Waals surface area contributed by atoms with E-state index in [1.807, 2.05) is 66.4 Å². The van der Waals surface area contributed by atoms with Crippen LogP contribution in [0.25, 0.3) is 5.69 Å². The van der Waals surface area contributed by atoms with Gasteiger partial charge in [0.1, 0.15) is 5.75 Å². The van der Waals surface area contributed by atoms with Gasteiger partial charge < -0.3 is 9.64 Å². The molecule has 1 amide bonds. The third-order valence-electron chi connectivity index (χ3n) is 4.97. The van der Waals surface area contributed by atoms with Crippen molar-refractivity contribution in [3.63, 3.8) is 0 Å². The monoisotopic (exact) mass is 392 g/mol. The standard InChI is InChI=1S/C21H24N6O2/c1-2-29-19-10-8-18(9-11-19)27-20(22-23-24-27)16-25-12-14-26(15-13-25)21(28)17-6-4-3-5-7-17/h3-11H,2,12-16H2,1H3. The smallest absolute Gasteiger partial charge is 0.253 e. The van der Waals surface area contributed by atoms with Crippen molar-refractivity contribution in [2.75, 3.05) is 32.8 Å². The summed E-state index contributed by atoms with van der Waals surface area (Å²) in [6.07, 6.45) is 0. The molecule has 4 rings (SSSR count). The minimum Gasteiger partial charge on any atom is -0.494 e. The van der Waals surface area contributed by atoms with Gasteiger partial charge in [0.15, 0.2) is 5.82 Å². The molecule has 1 saturated heterocycles. The average molecular weight is 392 g/mol. The Morgan fingerprint density at radius 3 is 2.41 bits per heavy atom. The van der Waals surface area contributed by atoms with Gasteiger partial charge in [-0.3, -0.25) is 9.69 Å². The number of ether oxygens (including phenoxy) is 1. The van der Waals surface area contributed by atoms with Gasteiger partial charge in [0.05, 0.1) is 18.8 Å². The Hall–Kier alpha value is -3.26. The number of hydrogen-bond donors (Lipinski definition) is 0. The minimum atomic E-state index is 0.0875. The lowest BCUT2D eigenvalue weighted by molar-refractivity contribution is 0.0624. The topological polar surface area (TPSA) is 76.4 Å². The summed E-state index contributed by atoms with van der Waals surface area (Å²) < 4.78 is 7.24. The molecule has 0 N–H and O–H groups in total. The number of aromatic nitrogens is 4. The molecular formula is C21H24N6O2. The minimum absolute atomic E-state index is 0.0875. The van der Waals surface area contributed by atoms with E-state index in [-0.39, 0.29) is 5.91 Å². The Balaban J connectivity index is 1.37. The predicted molar refractivity (Wildman–Crippen MR) is 108 cm³/mol. The van der Waals surface area contributed by atoms with Crippen molar-refractivity contribution >= 4 is 5.91 Å². The maximum Gasteiger partial charge on any atom is 0.253 e. The molecule has 1 aliphatic heterocycles. The molecule has 0 aliphatic carbocycles. The number of amides is 1. The molecule has 29 heavy (non-hydrogen) atoms. The maximum atomic E-state index is 12.6. The fraction of sp³-hybridized carbons (Fsp3) is 0.333. The highest BCUT2D eigenvalue weighted by molar-refractivity contribution is 5.94. The molecule has 0 saturated carbocycles. The lowest BCUT2D eigenvalue weighted by Crippen LogP contribution is -2.48. The Bertz CT molecular complexity index is 933. The van der Waals surface area contributed by atoms with E-state index in [4.69, 9.17) is 4.74 Å². The second-order valence-corrected chi connectivity index (χ2v) is 6.87. The van der Waals surface area contributed by atoms with Gasteiger partial charge in [-0.1, -0.05) is 18.2 Å². The van der Waals surface area contributed by atoms with Crippen molar-refractivity contribution < 1.29 is 9.53 Å². The van der Waals surface area contributed by atoms with Gasteiger partial charge in [0, 0.05) is 31.7 Å². The summed E-state index contributed by atoms with van der Waals surface area (Å²) in [5.41, 5.74) is 1.63. The summed E-state index contributed by atoms with van der Waals surface area (Å²) in [6, 6.07) is 17.1. The Labute approximate surface area is 169 Å². The van der Waals surface area contributed by atoms with Crippen LogP contribution in [0.4, 0.5) is 0 Å². The fourth-order valence-electron chi connectivity index (χ4n) is 3.43. The maximum absolute atomic E-state index is 12.6. The summed E-state index contributed by atoms with van der Waals surface area (Å²) >= 11 is 0. The number of carbonyl (C=O) groups is 1. The molecule has 8 heteroatoms. The summed E-state index contributed by atoms with van der Waals surface area (Å²) in [7, 11) is 0. The zero-order chi connectivity index (χ0) is 20.1. The first-order valence-electron chi connectivity index (χ1n) is 9.82. The third kappa shape index (κ3) is 4.43. The van der Waals surface area contributed by atoms with Crippen molar-refractivity contribution in [3.8, 4) is 11.4 Å². The normalized spacial score (nSPS) is 14.7. The molecule has 2 heterocycles. The number of carbonyl (C=O) groups excluding carboxylic acids is 1. The molecule has 0 radical (unpaired) electrons. The molecule has 2 aromatic carbocycles. The van der Waals surface area contributed by atoms with E-state index >= 15 is 0 Å². The molecule has 8 nitrogen and oxygen atoms in total. The molecule has 150 valence electrons. The number of piperazine rings is 1. The van der Waals surface area contributed by atoms with Crippen molar-refractivity contribution in [1.82, 2.24) is 30.0 Å². The van der Waals surface area contributed by atoms with E-state index in [0.717, 1.165) is 35.9 Å². The van der Waals surface area contributed by atoms with Gasteiger partial charge >= 0.3 is 0 Å². The van der Waals surface area contributed by atoms with Crippen LogP contribution < -0.4 is 4.74 Å². The molecule has 0 unspecified atom stereocenters. The highest BCUT2D eigenvalue weighted by atomic mass is 16.5. The van der Waals surface area contributed by atoms with Crippen LogP contribution in [0.5, 0.6) is 5.75 Å². The zero-order valence-corrected chi connectivity index (χ0v) is 16.4. The Morgan fingerprint density at radius 1 is 1.00 bits per heavy atom. The zero-order valence-electron chi connectivity index (χ0n) is 16.4. The highest BCUT2D eigenvalue weighted by Crippen LogP contribution is 2.17. The summed E-state index contributed by atoms with van der Waals surface area (Å²) in [5.74, 6) is 1.69. The van der Waals surface area contributed by atoms with Crippen molar-refractivity contribution in [3.05, 3.63) is 66.0 Å². The quantitative estimate of drug-likeness (QED) is 0.639. The van der Waals surface area contributed by atoms with Crippen LogP contribution in [-0.4, -0.2) is 68.7 Å². The van der Waals surface area contributed by atoms with Crippen LogP contribution in [0.2, 0.25) is 0 Å². The molecule has 1 fully saturated rings. The molecule has 0 bridgehead atoms. The van der Waals surface area contributed by atoms with E-state index < -0.39 is 0 Å². The number of hydrogen-bond acceptors (Lipinski definition) is 6. The number of rotatable bonds is 6. The van der Waals surface area contributed by atoms with Gasteiger partial charge in [-0.15, -0.1) is 5.10 Å². The molecule has 1 aliphatic rings. The highest BCUT2D eigenvalue weighted by Gasteiger charge is 2.23. The second-order valence-electron chi connectivity index (χ2n) is 6.87. The van der Waals surface area contributed by atoms with Crippen molar-refractivity contribution in [2.24, 2.45) is 0 Å². The molecular weight excluding hydrogens is 368 g/mol. The first-order valence-corrected chi connectivity index (χ1v) is 9.82. The number of nitrogens with zero attached hydrogens (tertiary/aromatic N) is 6. The fourth-order valence-corrected chi connectivity index (χ4v) is 3.43. The lowest BCUT2D eigenvalue weighted by Gasteiger charge is -2.34. The summed E-state index contributed by atoms with van der Waals surface area (Å²) in [4.78, 5) is 16.8. The number of tetrazole rings is 1. The van der Waals surface area contributed by atoms with Gasteiger partial charge in [-0.25, -0.2) is 0 Å². The third-order valence-corrected chi connectivity index (χ3v) is 4.97. The Morgan fingerprint density at radius 2 is 1.72 bits per heavy atom. The van der Waals surface area contributed by atoms with E-state index in [2.05, 4.69) is 20.4 Å². The first kappa shape index (κ1) is 19.1. The van der Waals surface area contributed by atoms with Crippen molar-refractivity contribution in [2.45, 2.75) is 13.5 Å². The largest absolute Gasteiger partial charge is 0.494 e. The van der Waals surface area contributed by atoms with E-state index in [9.17, 15) is 4.79 Å². The molecule has 3 aromatic rings. The second kappa shape index (κ2) is 8.83. The molecule has 0 spiro atoms. The van der Waals surface area contributed by atoms with Crippen molar-refractivity contribution in [1.29, 1.82) is 0 Å². The van der Waals surface area contributed by atoms with E-state index in [1.54, 1.807) is 4.68 Å². The van der Waals surface area contributed by atoms with Gasteiger partial charge in [0.2, 0.25) is 0 Å². The summed E-state index contributed by atoms with van der Waals surface area (Å²) in [6.45, 7) is 6.18. The van der Waals surface area contributed by atoms with Gasteiger partial charge in [-0.2, -0.15) is 4.68 Å². The lowest BCUT2D eigenvalue weighted by atomic mass is 10.2. The summed E-state index contributed by atoms with van der Waals surface area (Å²) in [5, 5.41) is 12.2. The SMILES string of the molecule is CCOc1ccc(-n2nnnc2CN2CCN(C(=O)c3ccccc3)CC2)cc1. The van der Waals surface area contributed by atoms with Gasteiger partial charge in [-0.05, 0) is 53.7 Å². The van der Waals surface area contributed by atoms with Crippen LogP contribution in [0.1, 0.15) is 23.1 Å². The van der Waals surface area contributed by atoms with E-state index in [0.29, 0.717) is 26.2 Å². The van der Waals surface area contributed by atoms with Crippen LogP contribution >= 0.6 is 0 Å². The van der Waals surface area contributed by atoms with Crippen LogP contribution in [0.3, 0.4) is 0 Å². The van der Waals surface area contributed by atoms with Crippen LogP contribution in [0.15, 0.2) is 54.6 Å². The van der Waals surface area contributed by atoms with Crippen LogP contribution in [-0.2, 0) is 6.54 Å². The average Bonchev–Trinajstić information content (AvgIpc) is 3.23. The van der Waals surface area contributed by atoms with Gasteiger partial charge in [0.25, 0.3) is 5.91 Å².